The number of hydrogen-bond acceptors (Lipinski definition) is 2. The van der Waals surface area contributed by atoms with Crippen molar-refractivity contribution >= 4 is 5.97 Å². The SMILES string of the molecule is C=CCOC(=O)c1ccccc1C(F)(F)F. The molecule has 0 N–H and O–H groups in total. The van der Waals surface area contributed by atoms with Crippen LogP contribution in [-0.4, -0.2) is 12.6 Å². The molecule has 0 spiro atoms. The van der Waals surface area contributed by atoms with E-state index in [2.05, 4.69) is 11.3 Å². The molecule has 1 aromatic rings. The van der Waals surface area contributed by atoms with Gasteiger partial charge in [-0.2, -0.15) is 13.2 Å². The molecule has 0 aromatic heterocycles. The van der Waals surface area contributed by atoms with Crippen LogP contribution in [0.4, 0.5) is 13.2 Å². The highest BCUT2D eigenvalue weighted by molar-refractivity contribution is 5.91. The van der Waals surface area contributed by atoms with E-state index in [9.17, 15) is 18.0 Å². The number of carbonyl (C=O) groups is 1. The number of rotatable bonds is 3. The zero-order valence-corrected chi connectivity index (χ0v) is 8.25. The minimum absolute atomic E-state index is 0.120. The van der Waals surface area contributed by atoms with Crippen molar-refractivity contribution in [3.8, 4) is 0 Å². The fourth-order valence-corrected chi connectivity index (χ4v) is 1.12. The molecule has 0 amide bonds. The Hall–Kier alpha value is -1.78. The second kappa shape index (κ2) is 4.83. The lowest BCUT2D eigenvalue weighted by Crippen LogP contribution is -2.14. The molecule has 0 aliphatic rings. The summed E-state index contributed by atoms with van der Waals surface area (Å²) >= 11 is 0. The van der Waals surface area contributed by atoms with Crippen molar-refractivity contribution in [2.24, 2.45) is 0 Å². The number of ether oxygens (including phenoxy) is 1. The summed E-state index contributed by atoms with van der Waals surface area (Å²) in [5.41, 5.74) is -1.49. The zero-order valence-electron chi connectivity index (χ0n) is 8.25. The molecule has 0 aliphatic heterocycles. The van der Waals surface area contributed by atoms with Gasteiger partial charge in [0.25, 0.3) is 0 Å². The van der Waals surface area contributed by atoms with Gasteiger partial charge in [-0.15, -0.1) is 0 Å². The Morgan fingerprint density at radius 1 is 1.38 bits per heavy atom. The van der Waals surface area contributed by atoms with Crippen molar-refractivity contribution in [3.05, 3.63) is 48.0 Å². The van der Waals surface area contributed by atoms with Gasteiger partial charge in [0.15, 0.2) is 0 Å². The largest absolute Gasteiger partial charge is 0.458 e. The van der Waals surface area contributed by atoms with Crippen LogP contribution in [0.2, 0.25) is 0 Å². The molecule has 0 atom stereocenters. The highest BCUT2D eigenvalue weighted by Crippen LogP contribution is 2.32. The molecular weight excluding hydrogens is 221 g/mol. The lowest BCUT2D eigenvalue weighted by Gasteiger charge is -2.11. The Bertz CT molecular complexity index is 396. The number of benzene rings is 1. The Labute approximate surface area is 90.3 Å². The van der Waals surface area contributed by atoms with E-state index in [-0.39, 0.29) is 6.61 Å². The summed E-state index contributed by atoms with van der Waals surface area (Å²) in [7, 11) is 0. The van der Waals surface area contributed by atoms with Crippen molar-refractivity contribution in [2.75, 3.05) is 6.61 Å². The van der Waals surface area contributed by atoms with Gasteiger partial charge in [0.2, 0.25) is 0 Å². The summed E-state index contributed by atoms with van der Waals surface area (Å²) in [5.74, 6) is -1.01. The van der Waals surface area contributed by atoms with E-state index in [1.807, 2.05) is 0 Å². The summed E-state index contributed by atoms with van der Waals surface area (Å²) in [6.45, 7) is 3.18. The van der Waals surface area contributed by atoms with E-state index in [1.54, 1.807) is 0 Å². The summed E-state index contributed by atoms with van der Waals surface area (Å²) in [4.78, 5) is 11.3. The van der Waals surface area contributed by atoms with E-state index < -0.39 is 23.3 Å². The fraction of sp³-hybridized carbons (Fsp3) is 0.182. The van der Waals surface area contributed by atoms with Crippen LogP contribution in [-0.2, 0) is 10.9 Å². The summed E-state index contributed by atoms with van der Waals surface area (Å²) in [5, 5.41) is 0. The van der Waals surface area contributed by atoms with Crippen LogP contribution in [0.5, 0.6) is 0 Å². The minimum atomic E-state index is -4.57. The standard InChI is InChI=1S/C11H9F3O2/c1-2-7-16-10(15)8-5-3-4-6-9(8)11(12,13)14/h2-6H,1,7H2. The van der Waals surface area contributed by atoms with Crippen LogP contribution in [0, 0.1) is 0 Å². The lowest BCUT2D eigenvalue weighted by molar-refractivity contribution is -0.138. The van der Waals surface area contributed by atoms with Crippen LogP contribution in [0.25, 0.3) is 0 Å². The van der Waals surface area contributed by atoms with Crippen molar-refractivity contribution in [2.45, 2.75) is 6.18 Å². The van der Waals surface area contributed by atoms with E-state index in [0.29, 0.717) is 0 Å². The third-order valence-electron chi connectivity index (χ3n) is 1.78. The molecule has 86 valence electrons. The van der Waals surface area contributed by atoms with Crippen LogP contribution in [0.1, 0.15) is 15.9 Å². The van der Waals surface area contributed by atoms with E-state index in [0.717, 1.165) is 12.1 Å². The molecule has 0 saturated heterocycles. The molecule has 0 fully saturated rings. The van der Waals surface area contributed by atoms with Gasteiger partial charge in [0.05, 0.1) is 11.1 Å². The van der Waals surface area contributed by atoms with Gasteiger partial charge in [-0.25, -0.2) is 4.79 Å². The Balaban J connectivity index is 3.04. The molecule has 0 aliphatic carbocycles. The number of alkyl halides is 3. The van der Waals surface area contributed by atoms with Crippen LogP contribution in [0.15, 0.2) is 36.9 Å². The van der Waals surface area contributed by atoms with Gasteiger partial charge >= 0.3 is 12.1 Å². The molecule has 2 nitrogen and oxygen atoms in total. The molecule has 1 rings (SSSR count). The van der Waals surface area contributed by atoms with Crippen molar-refractivity contribution in [1.29, 1.82) is 0 Å². The maximum absolute atomic E-state index is 12.5. The van der Waals surface area contributed by atoms with Crippen molar-refractivity contribution in [1.82, 2.24) is 0 Å². The first-order chi connectivity index (χ1) is 7.46. The first kappa shape index (κ1) is 12.3. The molecule has 16 heavy (non-hydrogen) atoms. The first-order valence-corrected chi connectivity index (χ1v) is 4.41. The predicted octanol–water partition coefficient (Wildman–Crippen LogP) is 3.05. The molecule has 0 unspecified atom stereocenters. The molecule has 0 saturated carbocycles. The molecular formula is C11H9F3O2. The lowest BCUT2D eigenvalue weighted by atomic mass is 10.1. The molecule has 0 bridgehead atoms. The molecule has 1 aromatic carbocycles. The van der Waals surface area contributed by atoms with Crippen molar-refractivity contribution < 1.29 is 22.7 Å². The first-order valence-electron chi connectivity index (χ1n) is 4.41. The second-order valence-electron chi connectivity index (χ2n) is 2.93. The van der Waals surface area contributed by atoms with Crippen LogP contribution >= 0.6 is 0 Å². The van der Waals surface area contributed by atoms with E-state index >= 15 is 0 Å². The normalized spacial score (nSPS) is 10.9. The van der Waals surface area contributed by atoms with E-state index in [4.69, 9.17) is 0 Å². The maximum atomic E-state index is 12.5. The molecule has 0 heterocycles. The van der Waals surface area contributed by atoms with Crippen LogP contribution < -0.4 is 0 Å². The van der Waals surface area contributed by atoms with Crippen LogP contribution in [0.3, 0.4) is 0 Å². The average Bonchev–Trinajstić information content (AvgIpc) is 2.24. The van der Waals surface area contributed by atoms with Gasteiger partial charge in [-0.1, -0.05) is 24.8 Å². The number of esters is 1. The zero-order chi connectivity index (χ0) is 12.2. The monoisotopic (exact) mass is 230 g/mol. The predicted molar refractivity (Wildman–Crippen MR) is 51.9 cm³/mol. The Kier molecular flexibility index (Phi) is 3.71. The number of hydrogen-bond donors (Lipinski definition) is 0. The topological polar surface area (TPSA) is 26.3 Å². The fourth-order valence-electron chi connectivity index (χ4n) is 1.12. The summed E-state index contributed by atoms with van der Waals surface area (Å²) in [6, 6.07) is 4.48. The highest BCUT2D eigenvalue weighted by atomic mass is 19.4. The number of carbonyl (C=O) groups excluding carboxylic acids is 1. The number of halogens is 3. The average molecular weight is 230 g/mol. The summed E-state index contributed by atoms with van der Waals surface area (Å²) in [6.07, 6.45) is -3.28. The van der Waals surface area contributed by atoms with Gasteiger partial charge in [-0.05, 0) is 12.1 Å². The second-order valence-corrected chi connectivity index (χ2v) is 2.93. The molecule has 5 heteroatoms. The molecule has 0 radical (unpaired) electrons. The third-order valence-corrected chi connectivity index (χ3v) is 1.78. The quantitative estimate of drug-likeness (QED) is 0.589. The van der Waals surface area contributed by atoms with Gasteiger partial charge < -0.3 is 4.74 Å². The van der Waals surface area contributed by atoms with Gasteiger partial charge in [-0.3, -0.25) is 0 Å². The highest BCUT2D eigenvalue weighted by Gasteiger charge is 2.35. The Morgan fingerprint density at radius 3 is 2.56 bits per heavy atom. The Morgan fingerprint density at radius 2 is 2.00 bits per heavy atom. The maximum Gasteiger partial charge on any atom is 0.417 e. The minimum Gasteiger partial charge on any atom is -0.458 e. The van der Waals surface area contributed by atoms with Crippen molar-refractivity contribution in [3.63, 3.8) is 0 Å². The van der Waals surface area contributed by atoms with Gasteiger partial charge in [0, 0.05) is 0 Å². The summed E-state index contributed by atoms with van der Waals surface area (Å²) < 4.78 is 42.1. The van der Waals surface area contributed by atoms with Gasteiger partial charge in [0.1, 0.15) is 6.61 Å². The third kappa shape index (κ3) is 2.85. The smallest absolute Gasteiger partial charge is 0.417 e. The van der Waals surface area contributed by atoms with E-state index in [1.165, 1.54) is 18.2 Å².